The Morgan fingerprint density at radius 1 is 1.35 bits per heavy atom. The van der Waals surface area contributed by atoms with E-state index in [0.717, 1.165) is 5.56 Å². The van der Waals surface area contributed by atoms with Gasteiger partial charge in [0.2, 0.25) is 0 Å². The molecule has 1 rings (SSSR count). The summed E-state index contributed by atoms with van der Waals surface area (Å²) in [5, 5.41) is 12.9. The molecule has 17 heavy (non-hydrogen) atoms. The van der Waals surface area contributed by atoms with Gasteiger partial charge in [-0.1, -0.05) is 12.1 Å². The molecule has 1 aromatic carbocycles. The standard InChI is InChI=1S/C11H15N3O3/c1-14(2)13-11(17)12-7-8-4-3-5-9(6-8)10(15)16/h3-6H,7H2,1-2H3,(H,15,16)(H2,12,13,17). The molecule has 0 aliphatic rings. The van der Waals surface area contributed by atoms with Crippen molar-refractivity contribution < 1.29 is 14.7 Å². The quantitative estimate of drug-likeness (QED) is 0.672. The number of aromatic carboxylic acids is 1. The van der Waals surface area contributed by atoms with Crippen molar-refractivity contribution in [2.24, 2.45) is 0 Å². The summed E-state index contributed by atoms with van der Waals surface area (Å²) in [5.74, 6) is -0.982. The summed E-state index contributed by atoms with van der Waals surface area (Å²) >= 11 is 0. The van der Waals surface area contributed by atoms with Crippen LogP contribution in [-0.2, 0) is 6.54 Å². The van der Waals surface area contributed by atoms with Gasteiger partial charge in [0.1, 0.15) is 0 Å². The maximum Gasteiger partial charge on any atom is 0.335 e. The summed E-state index contributed by atoms with van der Waals surface area (Å²) < 4.78 is 0. The molecule has 0 bridgehead atoms. The minimum Gasteiger partial charge on any atom is -0.478 e. The van der Waals surface area contributed by atoms with Crippen LogP contribution in [0.3, 0.4) is 0 Å². The Bertz CT molecular complexity index is 418. The Morgan fingerprint density at radius 2 is 2.06 bits per heavy atom. The number of hydrogen-bond acceptors (Lipinski definition) is 3. The van der Waals surface area contributed by atoms with Crippen molar-refractivity contribution in [3.05, 3.63) is 35.4 Å². The third-order valence-corrected chi connectivity index (χ3v) is 1.95. The van der Waals surface area contributed by atoms with Gasteiger partial charge in [-0.15, -0.1) is 0 Å². The minimum absolute atomic E-state index is 0.206. The largest absolute Gasteiger partial charge is 0.478 e. The van der Waals surface area contributed by atoms with Gasteiger partial charge in [0.05, 0.1) is 5.56 Å². The van der Waals surface area contributed by atoms with E-state index >= 15 is 0 Å². The second-order valence-electron chi connectivity index (χ2n) is 3.69. The Labute approximate surface area is 99.2 Å². The van der Waals surface area contributed by atoms with Crippen LogP contribution in [0.4, 0.5) is 4.79 Å². The molecule has 0 aliphatic heterocycles. The maximum absolute atomic E-state index is 11.3. The minimum atomic E-state index is -0.982. The molecule has 0 fully saturated rings. The number of carboxylic acids is 1. The summed E-state index contributed by atoms with van der Waals surface area (Å²) in [5.41, 5.74) is 3.46. The van der Waals surface area contributed by atoms with Gasteiger partial charge >= 0.3 is 12.0 Å². The molecule has 0 aromatic heterocycles. The molecule has 6 heteroatoms. The van der Waals surface area contributed by atoms with Gasteiger partial charge in [0.25, 0.3) is 0 Å². The second kappa shape index (κ2) is 5.86. The monoisotopic (exact) mass is 237 g/mol. The fourth-order valence-electron chi connectivity index (χ4n) is 1.24. The molecule has 2 amide bonds. The van der Waals surface area contributed by atoms with Crippen LogP contribution in [0.25, 0.3) is 0 Å². The molecule has 0 aliphatic carbocycles. The topological polar surface area (TPSA) is 81.7 Å². The van der Waals surface area contributed by atoms with Gasteiger partial charge in [-0.05, 0) is 17.7 Å². The van der Waals surface area contributed by atoms with Crippen LogP contribution in [0.5, 0.6) is 0 Å². The van der Waals surface area contributed by atoms with E-state index in [9.17, 15) is 9.59 Å². The van der Waals surface area contributed by atoms with Crippen molar-refractivity contribution in [2.75, 3.05) is 14.1 Å². The summed E-state index contributed by atoms with van der Waals surface area (Å²) in [6, 6.07) is 6.09. The lowest BCUT2D eigenvalue weighted by Crippen LogP contribution is -2.42. The molecule has 0 heterocycles. The molecule has 6 nitrogen and oxygen atoms in total. The summed E-state index contributed by atoms with van der Waals surface area (Å²) in [6.07, 6.45) is 0. The van der Waals surface area contributed by atoms with Gasteiger partial charge in [-0.2, -0.15) is 0 Å². The Morgan fingerprint density at radius 3 is 2.65 bits per heavy atom. The fraction of sp³-hybridized carbons (Fsp3) is 0.273. The third-order valence-electron chi connectivity index (χ3n) is 1.95. The number of benzene rings is 1. The van der Waals surface area contributed by atoms with Crippen molar-refractivity contribution in [1.29, 1.82) is 0 Å². The Hall–Kier alpha value is -2.08. The maximum atomic E-state index is 11.3. The number of urea groups is 1. The summed E-state index contributed by atoms with van der Waals surface area (Å²) in [7, 11) is 3.40. The van der Waals surface area contributed by atoms with Crippen molar-refractivity contribution in [2.45, 2.75) is 6.54 Å². The number of hydrazine groups is 1. The van der Waals surface area contributed by atoms with Crippen molar-refractivity contribution in [1.82, 2.24) is 15.8 Å². The van der Waals surface area contributed by atoms with Crippen LogP contribution in [-0.4, -0.2) is 36.2 Å². The Balaban J connectivity index is 2.54. The molecule has 0 saturated heterocycles. The van der Waals surface area contributed by atoms with Gasteiger partial charge in [0.15, 0.2) is 0 Å². The molecule has 0 saturated carbocycles. The van der Waals surface area contributed by atoms with E-state index in [1.165, 1.54) is 17.1 Å². The molecule has 3 N–H and O–H groups in total. The van der Waals surface area contributed by atoms with E-state index in [-0.39, 0.29) is 18.1 Å². The number of carboxylic acid groups (broad SMARTS) is 1. The van der Waals surface area contributed by atoms with E-state index in [2.05, 4.69) is 10.7 Å². The smallest absolute Gasteiger partial charge is 0.335 e. The summed E-state index contributed by atoms with van der Waals surface area (Å²) in [4.78, 5) is 22.0. The molecule has 0 unspecified atom stereocenters. The van der Waals surface area contributed by atoms with Crippen molar-refractivity contribution in [3.8, 4) is 0 Å². The Kier molecular flexibility index (Phi) is 4.47. The lowest BCUT2D eigenvalue weighted by Gasteiger charge is -2.12. The van der Waals surface area contributed by atoms with Gasteiger partial charge in [-0.3, -0.25) is 5.43 Å². The highest BCUT2D eigenvalue weighted by Gasteiger charge is 2.04. The van der Waals surface area contributed by atoms with Crippen LogP contribution in [0.1, 0.15) is 15.9 Å². The van der Waals surface area contributed by atoms with E-state index < -0.39 is 5.97 Å². The highest BCUT2D eigenvalue weighted by atomic mass is 16.4. The summed E-state index contributed by atoms with van der Waals surface area (Å²) in [6.45, 7) is 0.279. The highest BCUT2D eigenvalue weighted by Crippen LogP contribution is 2.04. The van der Waals surface area contributed by atoms with Crippen molar-refractivity contribution in [3.63, 3.8) is 0 Å². The average molecular weight is 237 g/mol. The zero-order valence-electron chi connectivity index (χ0n) is 9.73. The van der Waals surface area contributed by atoms with Gasteiger partial charge in [0, 0.05) is 20.6 Å². The van der Waals surface area contributed by atoms with E-state index in [1.54, 1.807) is 26.2 Å². The number of carbonyl (C=O) groups excluding carboxylic acids is 1. The number of nitrogens with zero attached hydrogens (tertiary/aromatic N) is 1. The lowest BCUT2D eigenvalue weighted by molar-refractivity contribution is 0.0696. The first-order valence-electron chi connectivity index (χ1n) is 5.03. The number of hydrogen-bond donors (Lipinski definition) is 3. The third kappa shape index (κ3) is 4.52. The number of rotatable bonds is 4. The molecular formula is C11H15N3O3. The van der Waals surface area contributed by atoms with E-state index in [0.29, 0.717) is 0 Å². The second-order valence-corrected chi connectivity index (χ2v) is 3.69. The number of amides is 2. The molecule has 0 atom stereocenters. The zero-order valence-corrected chi connectivity index (χ0v) is 9.73. The highest BCUT2D eigenvalue weighted by molar-refractivity contribution is 5.87. The molecule has 92 valence electrons. The first-order valence-corrected chi connectivity index (χ1v) is 5.03. The average Bonchev–Trinajstić information content (AvgIpc) is 2.26. The lowest BCUT2D eigenvalue weighted by atomic mass is 10.1. The normalized spacial score (nSPS) is 10.1. The van der Waals surface area contributed by atoms with Crippen LogP contribution in [0, 0.1) is 0 Å². The fourth-order valence-corrected chi connectivity index (χ4v) is 1.24. The van der Waals surface area contributed by atoms with E-state index in [1.807, 2.05) is 0 Å². The molecular weight excluding hydrogens is 222 g/mol. The van der Waals surface area contributed by atoms with Gasteiger partial charge in [-0.25, -0.2) is 14.6 Å². The van der Waals surface area contributed by atoms with Crippen molar-refractivity contribution >= 4 is 12.0 Å². The molecule has 0 spiro atoms. The predicted octanol–water partition coefficient (Wildman–Crippen LogP) is 0.661. The molecule has 0 radical (unpaired) electrons. The predicted molar refractivity (Wildman–Crippen MR) is 62.5 cm³/mol. The number of nitrogens with one attached hydrogen (secondary N) is 2. The zero-order chi connectivity index (χ0) is 12.8. The van der Waals surface area contributed by atoms with Crippen LogP contribution in [0.2, 0.25) is 0 Å². The molecule has 1 aromatic rings. The first-order chi connectivity index (χ1) is 7.99. The first kappa shape index (κ1) is 13.0. The number of carbonyl (C=O) groups is 2. The van der Waals surface area contributed by atoms with Gasteiger partial charge < -0.3 is 10.4 Å². The van der Waals surface area contributed by atoms with E-state index in [4.69, 9.17) is 5.11 Å². The van der Waals surface area contributed by atoms with Crippen LogP contribution < -0.4 is 10.7 Å². The van der Waals surface area contributed by atoms with Crippen LogP contribution in [0.15, 0.2) is 24.3 Å². The SMILES string of the molecule is CN(C)NC(=O)NCc1cccc(C(=O)O)c1. The van der Waals surface area contributed by atoms with Crippen LogP contribution >= 0.6 is 0 Å².